The van der Waals surface area contributed by atoms with Gasteiger partial charge in [-0.3, -0.25) is 0 Å². The highest BCUT2D eigenvalue weighted by Crippen LogP contribution is 2.68. The minimum Gasteiger partial charge on any atom is -0.390 e. The van der Waals surface area contributed by atoms with Crippen molar-refractivity contribution >= 4 is 15.7 Å². The Bertz CT molecular complexity index is 777. The van der Waals surface area contributed by atoms with E-state index in [2.05, 4.69) is 37.6 Å². The van der Waals surface area contributed by atoms with Gasteiger partial charge in [0.15, 0.2) is 0 Å². The Kier molecular flexibility index (Phi) is 4.75. The molecule has 28 heavy (non-hydrogen) atoms. The monoisotopic (exact) mass is 410 g/mol. The molecular formula is C22H38N2O3S. The number of hydrogen-bond acceptors (Lipinski definition) is 4. The van der Waals surface area contributed by atoms with E-state index in [-0.39, 0.29) is 5.41 Å². The van der Waals surface area contributed by atoms with Crippen LogP contribution in [0.15, 0.2) is 5.10 Å². The fourth-order valence-electron chi connectivity index (χ4n) is 8.08. The highest BCUT2D eigenvalue weighted by molar-refractivity contribution is 7.88. The van der Waals surface area contributed by atoms with Crippen LogP contribution < -0.4 is 4.83 Å². The van der Waals surface area contributed by atoms with Gasteiger partial charge in [0.25, 0.3) is 0 Å². The Hall–Kier alpha value is -0.620. The van der Waals surface area contributed by atoms with E-state index >= 15 is 0 Å². The second-order valence-electron chi connectivity index (χ2n) is 11.1. The van der Waals surface area contributed by atoms with Gasteiger partial charge < -0.3 is 5.11 Å². The van der Waals surface area contributed by atoms with Crippen LogP contribution in [0, 0.1) is 40.4 Å². The number of fused-ring (bicyclic) bond motifs is 5. The van der Waals surface area contributed by atoms with E-state index in [9.17, 15) is 13.5 Å². The summed E-state index contributed by atoms with van der Waals surface area (Å²) < 4.78 is 22.9. The van der Waals surface area contributed by atoms with E-state index in [1.807, 2.05) is 0 Å². The van der Waals surface area contributed by atoms with Crippen molar-refractivity contribution in [3.05, 3.63) is 0 Å². The topological polar surface area (TPSA) is 78.8 Å². The van der Waals surface area contributed by atoms with E-state index in [1.165, 1.54) is 25.7 Å². The fourth-order valence-corrected chi connectivity index (χ4v) is 8.36. The maximum absolute atomic E-state index is 11.5. The molecule has 4 aliphatic rings. The molecule has 0 aliphatic heterocycles. The average molecular weight is 411 g/mol. The van der Waals surface area contributed by atoms with Crippen molar-refractivity contribution in [3.63, 3.8) is 0 Å². The normalized spacial score (nSPS) is 52.6. The second kappa shape index (κ2) is 6.44. The van der Waals surface area contributed by atoms with Crippen LogP contribution in [0.4, 0.5) is 0 Å². The van der Waals surface area contributed by atoms with Gasteiger partial charge in [-0.25, -0.2) is 13.2 Å². The number of hydrogen-bond donors (Lipinski definition) is 2. The number of sulfonamides is 1. The molecule has 0 bridgehead atoms. The van der Waals surface area contributed by atoms with Crippen LogP contribution in [0.25, 0.3) is 0 Å². The Balaban J connectivity index is 1.58. The molecule has 0 aromatic carbocycles. The van der Waals surface area contributed by atoms with Crippen LogP contribution >= 0.6 is 0 Å². The summed E-state index contributed by atoms with van der Waals surface area (Å²) in [5.74, 6) is 3.01. The first-order valence-electron chi connectivity index (χ1n) is 11.1. The molecule has 0 aromatic heterocycles. The third kappa shape index (κ3) is 2.96. The van der Waals surface area contributed by atoms with Crippen molar-refractivity contribution in [1.82, 2.24) is 4.83 Å². The van der Waals surface area contributed by atoms with Crippen molar-refractivity contribution in [2.75, 3.05) is 6.26 Å². The van der Waals surface area contributed by atoms with Gasteiger partial charge in [0.2, 0.25) is 10.0 Å². The molecule has 6 heteroatoms. The molecule has 2 N–H and O–H groups in total. The Morgan fingerprint density at radius 3 is 2.36 bits per heavy atom. The number of nitrogens with zero attached hydrogens (tertiary/aromatic N) is 1. The highest BCUT2D eigenvalue weighted by atomic mass is 32.2. The largest absolute Gasteiger partial charge is 0.390 e. The molecule has 0 aromatic rings. The quantitative estimate of drug-likeness (QED) is 0.677. The van der Waals surface area contributed by atoms with Gasteiger partial charge in [0.05, 0.1) is 11.9 Å². The number of nitrogens with one attached hydrogen (secondary N) is 1. The summed E-state index contributed by atoms with van der Waals surface area (Å²) in [5, 5.41) is 15.4. The summed E-state index contributed by atoms with van der Waals surface area (Å²) in [4.78, 5) is 2.36. The lowest BCUT2D eigenvalue weighted by Gasteiger charge is -2.62. The zero-order chi connectivity index (χ0) is 20.5. The molecule has 0 heterocycles. The Labute approximate surface area is 170 Å². The Morgan fingerprint density at radius 1 is 1.00 bits per heavy atom. The van der Waals surface area contributed by atoms with Gasteiger partial charge in [-0.15, -0.1) is 0 Å². The van der Waals surface area contributed by atoms with Crippen LogP contribution in [0.3, 0.4) is 0 Å². The van der Waals surface area contributed by atoms with Crippen molar-refractivity contribution in [2.24, 2.45) is 45.5 Å². The molecular weight excluding hydrogens is 372 g/mol. The Morgan fingerprint density at radius 2 is 1.68 bits per heavy atom. The fraction of sp³-hybridized carbons (Fsp3) is 0.955. The van der Waals surface area contributed by atoms with Crippen molar-refractivity contribution < 1.29 is 13.5 Å². The SMILES string of the molecule is C[C@@H]1/C(=N/NS(C)(=O)=O)CC[C@]2(C)[C@H]3CC[C@@]4(C)[C@@H](CC[C@]4(C)O)[C@@H]3CC[C@@H]12. The van der Waals surface area contributed by atoms with Gasteiger partial charge >= 0.3 is 0 Å². The summed E-state index contributed by atoms with van der Waals surface area (Å²) in [6, 6.07) is 0. The first kappa shape index (κ1) is 20.6. The van der Waals surface area contributed by atoms with Gasteiger partial charge in [0, 0.05) is 5.71 Å². The van der Waals surface area contributed by atoms with E-state index in [0.717, 1.165) is 49.5 Å². The molecule has 0 amide bonds. The standard InChI is InChI=1S/C22H38N2O3S/c1-14-16-7-6-15-17(8-12-21(3)18(15)9-13-22(21,4)25)20(16,2)11-10-19(14)23-24-28(5,26)27/h14-18,24-25H,6-13H2,1-5H3/b23-19+/t14-,15+,16-,17-,18-,20-,21-,22-/m0/s1. The zero-order valence-corrected chi connectivity index (χ0v) is 19.0. The van der Waals surface area contributed by atoms with Gasteiger partial charge in [-0.1, -0.05) is 20.8 Å². The maximum Gasteiger partial charge on any atom is 0.244 e. The predicted molar refractivity (Wildman–Crippen MR) is 112 cm³/mol. The maximum atomic E-state index is 11.5. The summed E-state index contributed by atoms with van der Waals surface area (Å²) in [6.45, 7) is 9.17. The highest BCUT2D eigenvalue weighted by Gasteiger charge is 2.63. The molecule has 0 radical (unpaired) electrons. The van der Waals surface area contributed by atoms with Crippen LogP contribution in [0.1, 0.15) is 79.1 Å². The molecule has 4 rings (SSSR count). The summed E-state index contributed by atoms with van der Waals surface area (Å²) >= 11 is 0. The van der Waals surface area contributed by atoms with Gasteiger partial charge in [-0.05, 0) is 98.7 Å². The van der Waals surface area contributed by atoms with E-state index < -0.39 is 15.6 Å². The summed E-state index contributed by atoms with van der Waals surface area (Å²) in [7, 11) is -3.30. The first-order valence-corrected chi connectivity index (χ1v) is 13.0. The van der Waals surface area contributed by atoms with Crippen LogP contribution in [-0.2, 0) is 10.0 Å². The van der Waals surface area contributed by atoms with Crippen LogP contribution in [-0.4, -0.2) is 31.1 Å². The van der Waals surface area contributed by atoms with Gasteiger partial charge in [-0.2, -0.15) is 5.10 Å². The van der Waals surface area contributed by atoms with Crippen LogP contribution in [0.2, 0.25) is 0 Å². The zero-order valence-electron chi connectivity index (χ0n) is 18.2. The summed E-state index contributed by atoms with van der Waals surface area (Å²) in [6.07, 6.45) is 10.1. The number of aliphatic hydroxyl groups is 1. The molecule has 5 nitrogen and oxygen atoms in total. The lowest BCUT2D eigenvalue weighted by molar-refractivity contribution is -0.144. The molecule has 8 atom stereocenters. The lowest BCUT2D eigenvalue weighted by atomic mass is 9.43. The first-order chi connectivity index (χ1) is 12.9. The number of hydrazone groups is 1. The van der Waals surface area contributed by atoms with Crippen molar-refractivity contribution in [2.45, 2.75) is 84.7 Å². The van der Waals surface area contributed by atoms with E-state index in [0.29, 0.717) is 23.2 Å². The van der Waals surface area contributed by atoms with Crippen LogP contribution in [0.5, 0.6) is 0 Å². The average Bonchev–Trinajstić information content (AvgIpc) is 2.83. The second-order valence-corrected chi connectivity index (χ2v) is 12.8. The van der Waals surface area contributed by atoms with Crippen molar-refractivity contribution in [1.29, 1.82) is 0 Å². The van der Waals surface area contributed by atoms with Gasteiger partial charge in [0.1, 0.15) is 0 Å². The minimum absolute atomic E-state index is 0.0731. The molecule has 4 saturated carbocycles. The van der Waals surface area contributed by atoms with E-state index in [4.69, 9.17) is 0 Å². The van der Waals surface area contributed by atoms with Crippen molar-refractivity contribution in [3.8, 4) is 0 Å². The molecule has 4 aliphatic carbocycles. The smallest absolute Gasteiger partial charge is 0.244 e. The molecule has 160 valence electrons. The third-order valence-corrected chi connectivity index (χ3v) is 10.3. The van der Waals surface area contributed by atoms with E-state index in [1.54, 1.807) is 0 Å². The molecule has 0 spiro atoms. The lowest BCUT2D eigenvalue weighted by Crippen LogP contribution is -2.57. The predicted octanol–water partition coefficient (Wildman–Crippen LogP) is 3.93. The molecule has 4 fully saturated rings. The summed E-state index contributed by atoms with van der Waals surface area (Å²) in [5.41, 5.74) is 0.888. The third-order valence-electron chi connectivity index (χ3n) is 9.91. The minimum atomic E-state index is -3.30. The number of rotatable bonds is 2. The molecule has 0 saturated heterocycles. The molecule has 0 unspecified atom stereocenters.